The summed E-state index contributed by atoms with van der Waals surface area (Å²) in [6.45, 7) is 12.2. The minimum absolute atomic E-state index is 0.0534. The van der Waals surface area contributed by atoms with E-state index >= 15 is 0 Å². The summed E-state index contributed by atoms with van der Waals surface area (Å²) in [5.41, 5.74) is 3.72. The number of rotatable bonds is 6. The summed E-state index contributed by atoms with van der Waals surface area (Å²) in [4.78, 5) is 19.4. The van der Waals surface area contributed by atoms with Crippen LogP contribution in [0.15, 0.2) is 40.5 Å². The predicted molar refractivity (Wildman–Crippen MR) is 124 cm³/mol. The lowest BCUT2D eigenvalue weighted by Gasteiger charge is -2.24. The lowest BCUT2D eigenvalue weighted by molar-refractivity contribution is 0.225. The second-order valence-electron chi connectivity index (χ2n) is 9.05. The zero-order chi connectivity index (χ0) is 22.2. The number of benzene rings is 1. The molecule has 8 heteroatoms. The zero-order valence-electron chi connectivity index (χ0n) is 18.6. The minimum Gasteiger partial charge on any atom is -0.322 e. The number of hydrogen-bond donors (Lipinski definition) is 1. The van der Waals surface area contributed by atoms with E-state index in [0.717, 1.165) is 28.8 Å². The molecule has 0 saturated heterocycles. The number of aryl methyl sites for hydroxylation is 2. The molecule has 0 aliphatic rings. The van der Waals surface area contributed by atoms with Crippen molar-refractivity contribution in [1.82, 2.24) is 30.1 Å². The van der Waals surface area contributed by atoms with Gasteiger partial charge in [0, 0.05) is 29.0 Å². The number of nitrogens with zero attached hydrogens (tertiary/aromatic N) is 5. The number of nitrogens with one attached hydrogen (secondary N) is 1. The number of aromatic amines is 1. The summed E-state index contributed by atoms with van der Waals surface area (Å²) in [5, 5.41) is 15.5. The van der Waals surface area contributed by atoms with Crippen molar-refractivity contribution in [3.63, 3.8) is 0 Å². The van der Waals surface area contributed by atoms with Crippen LogP contribution in [0.2, 0.25) is 0 Å². The van der Waals surface area contributed by atoms with E-state index < -0.39 is 0 Å². The molecule has 0 spiro atoms. The van der Waals surface area contributed by atoms with E-state index in [9.17, 15) is 4.79 Å². The van der Waals surface area contributed by atoms with Crippen LogP contribution in [0.1, 0.15) is 48.2 Å². The molecule has 0 radical (unpaired) electrons. The van der Waals surface area contributed by atoms with Crippen molar-refractivity contribution in [3.05, 3.63) is 73.5 Å². The normalized spacial score (nSPS) is 12.2. The van der Waals surface area contributed by atoms with Crippen LogP contribution < -0.4 is 5.56 Å². The molecule has 3 aromatic heterocycles. The van der Waals surface area contributed by atoms with Gasteiger partial charge in [-0.25, -0.2) is 4.68 Å². The van der Waals surface area contributed by atoms with Crippen molar-refractivity contribution in [3.8, 4) is 0 Å². The fourth-order valence-corrected chi connectivity index (χ4v) is 4.44. The molecule has 0 bridgehead atoms. The van der Waals surface area contributed by atoms with Crippen molar-refractivity contribution in [2.45, 2.75) is 59.8 Å². The highest BCUT2D eigenvalue weighted by atomic mass is 32.1. The van der Waals surface area contributed by atoms with Crippen LogP contribution in [0.3, 0.4) is 0 Å². The maximum Gasteiger partial charge on any atom is 0.252 e. The zero-order valence-corrected chi connectivity index (χ0v) is 19.5. The first-order chi connectivity index (χ1) is 14.7. The van der Waals surface area contributed by atoms with Crippen molar-refractivity contribution in [2.75, 3.05) is 0 Å². The molecular weight excluding hydrogens is 408 g/mol. The van der Waals surface area contributed by atoms with Crippen LogP contribution in [0.4, 0.5) is 0 Å². The molecule has 0 atom stereocenters. The molecule has 0 amide bonds. The Morgan fingerprint density at radius 2 is 1.87 bits per heavy atom. The first-order valence-electron chi connectivity index (χ1n) is 10.4. The monoisotopic (exact) mass is 436 g/mol. The number of tetrazole rings is 1. The summed E-state index contributed by atoms with van der Waals surface area (Å²) in [6, 6.07) is 10.3. The second kappa shape index (κ2) is 8.36. The minimum atomic E-state index is -0.219. The molecule has 0 aliphatic heterocycles. The van der Waals surface area contributed by atoms with Crippen LogP contribution in [0, 0.1) is 13.8 Å². The molecule has 4 aromatic rings. The molecule has 31 heavy (non-hydrogen) atoms. The van der Waals surface area contributed by atoms with Gasteiger partial charge >= 0.3 is 0 Å². The average molecular weight is 437 g/mol. The van der Waals surface area contributed by atoms with Gasteiger partial charge in [-0.15, -0.1) is 16.4 Å². The fourth-order valence-electron chi connectivity index (χ4n) is 3.70. The maximum absolute atomic E-state index is 12.9. The number of hydrogen-bond acceptors (Lipinski definition) is 6. The highest BCUT2D eigenvalue weighted by molar-refractivity contribution is 7.09. The van der Waals surface area contributed by atoms with E-state index in [0.29, 0.717) is 13.1 Å². The quantitative estimate of drug-likeness (QED) is 0.491. The summed E-state index contributed by atoms with van der Waals surface area (Å²) >= 11 is 1.71. The third kappa shape index (κ3) is 4.75. The van der Waals surface area contributed by atoms with Gasteiger partial charge in [-0.2, -0.15) is 0 Å². The molecule has 3 heterocycles. The number of H-pyrrole nitrogens is 1. The highest BCUT2D eigenvalue weighted by Crippen LogP contribution is 2.21. The average Bonchev–Trinajstić information content (AvgIpc) is 3.35. The van der Waals surface area contributed by atoms with E-state index in [1.807, 2.05) is 22.9 Å². The molecule has 0 unspecified atom stereocenters. The van der Waals surface area contributed by atoms with Crippen LogP contribution >= 0.6 is 11.3 Å². The van der Waals surface area contributed by atoms with Crippen molar-refractivity contribution in [2.24, 2.45) is 0 Å². The van der Waals surface area contributed by atoms with Gasteiger partial charge in [0.2, 0.25) is 0 Å². The van der Waals surface area contributed by atoms with Gasteiger partial charge in [-0.3, -0.25) is 9.69 Å². The first kappa shape index (κ1) is 21.4. The predicted octanol–water partition coefficient (Wildman–Crippen LogP) is 4.15. The van der Waals surface area contributed by atoms with Gasteiger partial charge in [-0.1, -0.05) is 6.07 Å². The van der Waals surface area contributed by atoms with E-state index in [2.05, 4.69) is 77.5 Å². The van der Waals surface area contributed by atoms with Crippen LogP contribution in [-0.2, 0) is 25.2 Å². The lowest BCUT2D eigenvalue weighted by Crippen LogP contribution is -2.31. The topological polar surface area (TPSA) is 79.7 Å². The third-order valence-corrected chi connectivity index (χ3v) is 6.28. The Kier molecular flexibility index (Phi) is 5.77. The maximum atomic E-state index is 12.9. The van der Waals surface area contributed by atoms with Crippen molar-refractivity contribution < 1.29 is 0 Å². The Balaban J connectivity index is 1.68. The third-order valence-electron chi connectivity index (χ3n) is 5.42. The van der Waals surface area contributed by atoms with E-state index in [-0.39, 0.29) is 11.1 Å². The Bertz CT molecular complexity index is 1250. The fraction of sp³-hybridized carbons (Fsp3) is 0.391. The Hall–Kier alpha value is -2.84. The smallest absolute Gasteiger partial charge is 0.252 e. The van der Waals surface area contributed by atoms with Crippen molar-refractivity contribution in [1.29, 1.82) is 0 Å². The van der Waals surface area contributed by atoms with Gasteiger partial charge in [0.25, 0.3) is 5.56 Å². The van der Waals surface area contributed by atoms with Crippen LogP contribution in [-0.4, -0.2) is 30.1 Å². The van der Waals surface area contributed by atoms with Gasteiger partial charge in [-0.05, 0) is 91.2 Å². The molecule has 4 rings (SSSR count). The highest BCUT2D eigenvalue weighted by Gasteiger charge is 2.22. The van der Waals surface area contributed by atoms with Crippen LogP contribution in [0.25, 0.3) is 10.9 Å². The molecule has 1 N–H and O–H groups in total. The van der Waals surface area contributed by atoms with Gasteiger partial charge < -0.3 is 4.98 Å². The molecule has 7 nitrogen and oxygen atoms in total. The van der Waals surface area contributed by atoms with Crippen molar-refractivity contribution >= 4 is 22.2 Å². The summed E-state index contributed by atoms with van der Waals surface area (Å²) in [5.74, 6) is 0.785. The first-order valence-corrected chi connectivity index (χ1v) is 11.2. The SMILES string of the molecule is Cc1cc2cc(CN(Cc3cccs3)Cc3nnnn3C(C)(C)C)c(=O)[nH]c2cc1C. The number of thiophene rings is 1. The molecule has 162 valence electrons. The van der Waals surface area contributed by atoms with E-state index in [1.54, 1.807) is 11.3 Å². The Morgan fingerprint density at radius 3 is 2.58 bits per heavy atom. The Morgan fingerprint density at radius 1 is 1.10 bits per heavy atom. The van der Waals surface area contributed by atoms with Crippen LogP contribution in [0.5, 0.6) is 0 Å². The summed E-state index contributed by atoms with van der Waals surface area (Å²) < 4.78 is 1.85. The molecule has 0 fully saturated rings. The Labute approximate surface area is 185 Å². The van der Waals surface area contributed by atoms with Gasteiger partial charge in [0.05, 0.1) is 12.1 Å². The largest absolute Gasteiger partial charge is 0.322 e. The standard InChI is InChI=1S/C23H28N6OS/c1-15-9-17-11-18(22(30)24-20(17)10-16(15)2)12-28(13-19-7-6-8-31-19)14-21-25-26-27-29(21)23(3,4)5/h6-11H,12-14H2,1-5H3,(H,24,30). The second-order valence-corrected chi connectivity index (χ2v) is 10.1. The van der Waals surface area contributed by atoms with Gasteiger partial charge in [0.15, 0.2) is 5.82 Å². The van der Waals surface area contributed by atoms with E-state index in [1.165, 1.54) is 16.0 Å². The molecule has 0 aliphatic carbocycles. The summed E-state index contributed by atoms with van der Waals surface area (Å²) in [7, 11) is 0. The van der Waals surface area contributed by atoms with E-state index in [4.69, 9.17) is 0 Å². The lowest BCUT2D eigenvalue weighted by atomic mass is 10.0. The number of aromatic nitrogens is 5. The van der Waals surface area contributed by atoms with Gasteiger partial charge in [0.1, 0.15) is 0 Å². The number of pyridine rings is 1. The number of fused-ring (bicyclic) bond motifs is 1. The molecule has 0 saturated carbocycles. The molecular formula is C23H28N6OS. The molecule has 1 aromatic carbocycles. The summed E-state index contributed by atoms with van der Waals surface area (Å²) in [6.07, 6.45) is 0.